The van der Waals surface area contributed by atoms with E-state index in [1.54, 1.807) is 17.4 Å². The number of aliphatic hydroxyl groups excluding tert-OH is 1. The Bertz CT molecular complexity index is 538. The van der Waals surface area contributed by atoms with Gasteiger partial charge in [-0.05, 0) is 31.4 Å². The maximum Gasteiger partial charge on any atom is 0.142 e. The summed E-state index contributed by atoms with van der Waals surface area (Å²) in [4.78, 5) is 9.55. The van der Waals surface area contributed by atoms with Crippen LogP contribution in [-0.4, -0.2) is 15.1 Å². The Morgan fingerprint density at radius 2 is 2.29 bits per heavy atom. The number of aliphatic hydroxyl groups is 1. The molecule has 0 radical (unpaired) electrons. The van der Waals surface area contributed by atoms with Gasteiger partial charge in [0, 0.05) is 4.88 Å². The Kier molecular flexibility index (Phi) is 2.64. The Hall–Kier alpha value is -1.33. The molecule has 0 amide bonds. The highest BCUT2D eigenvalue weighted by Crippen LogP contribution is 2.36. The summed E-state index contributed by atoms with van der Waals surface area (Å²) in [6, 6.07) is 2.99. The van der Waals surface area contributed by atoms with Gasteiger partial charge in [0.05, 0.1) is 23.7 Å². The molecule has 3 rings (SSSR count). The van der Waals surface area contributed by atoms with E-state index >= 15 is 0 Å². The number of thiazole rings is 1. The average molecular weight is 250 g/mol. The molecule has 0 fully saturated rings. The standard InChI is InChI=1S/C12H11FN2OS/c13-7-4-5-8(14-6-7)12-15-11-9(16)2-1-3-10(11)17-12/h4-6,9,16H,1-3H2. The van der Waals surface area contributed by atoms with E-state index in [0.717, 1.165) is 34.8 Å². The fraction of sp³-hybridized carbons (Fsp3) is 0.333. The fourth-order valence-electron chi connectivity index (χ4n) is 2.01. The maximum absolute atomic E-state index is 12.8. The SMILES string of the molecule is OC1CCCc2sc(-c3ccc(F)cn3)nc21. The first-order valence-electron chi connectivity index (χ1n) is 5.53. The predicted molar refractivity (Wildman–Crippen MR) is 63.2 cm³/mol. The van der Waals surface area contributed by atoms with Crippen LogP contribution in [0.4, 0.5) is 4.39 Å². The molecule has 88 valence electrons. The average Bonchev–Trinajstić information content (AvgIpc) is 2.75. The van der Waals surface area contributed by atoms with Crippen molar-refractivity contribution in [3.8, 4) is 10.7 Å². The summed E-state index contributed by atoms with van der Waals surface area (Å²) in [5, 5.41) is 10.6. The second-order valence-electron chi connectivity index (χ2n) is 4.10. The van der Waals surface area contributed by atoms with Crippen LogP contribution in [0, 0.1) is 5.82 Å². The van der Waals surface area contributed by atoms with E-state index in [1.165, 1.54) is 12.3 Å². The quantitative estimate of drug-likeness (QED) is 0.846. The highest BCUT2D eigenvalue weighted by molar-refractivity contribution is 7.15. The van der Waals surface area contributed by atoms with Crippen LogP contribution in [-0.2, 0) is 6.42 Å². The van der Waals surface area contributed by atoms with Crippen LogP contribution in [0.1, 0.15) is 29.5 Å². The highest BCUT2D eigenvalue weighted by atomic mass is 32.1. The molecule has 17 heavy (non-hydrogen) atoms. The molecule has 0 spiro atoms. The van der Waals surface area contributed by atoms with Crippen molar-refractivity contribution in [2.45, 2.75) is 25.4 Å². The molecule has 1 aliphatic rings. The molecule has 0 aliphatic heterocycles. The van der Waals surface area contributed by atoms with Crippen LogP contribution in [0.25, 0.3) is 10.7 Å². The number of aromatic nitrogens is 2. The number of aryl methyl sites for hydroxylation is 1. The summed E-state index contributed by atoms with van der Waals surface area (Å²) in [5.41, 5.74) is 1.44. The van der Waals surface area contributed by atoms with Crippen LogP contribution in [0.5, 0.6) is 0 Å². The van der Waals surface area contributed by atoms with Gasteiger partial charge in [-0.1, -0.05) is 0 Å². The molecule has 1 unspecified atom stereocenters. The maximum atomic E-state index is 12.8. The van der Waals surface area contributed by atoms with E-state index in [2.05, 4.69) is 9.97 Å². The summed E-state index contributed by atoms with van der Waals surface area (Å²) < 4.78 is 12.8. The lowest BCUT2D eigenvalue weighted by Crippen LogP contribution is -2.07. The highest BCUT2D eigenvalue weighted by Gasteiger charge is 2.23. The molecule has 1 N–H and O–H groups in total. The third-order valence-electron chi connectivity index (χ3n) is 2.87. The van der Waals surface area contributed by atoms with E-state index in [1.807, 2.05) is 0 Å². The van der Waals surface area contributed by atoms with Crippen molar-refractivity contribution in [3.05, 3.63) is 34.7 Å². The Morgan fingerprint density at radius 3 is 3.00 bits per heavy atom. The summed E-state index contributed by atoms with van der Waals surface area (Å²) in [6.07, 6.45) is 3.46. The first-order chi connectivity index (χ1) is 8.24. The van der Waals surface area contributed by atoms with Crippen molar-refractivity contribution in [2.24, 2.45) is 0 Å². The fourth-order valence-corrected chi connectivity index (χ4v) is 3.14. The lowest BCUT2D eigenvalue weighted by atomic mass is 10.0. The van der Waals surface area contributed by atoms with Gasteiger partial charge in [0.2, 0.25) is 0 Å². The van der Waals surface area contributed by atoms with Gasteiger partial charge in [0.15, 0.2) is 0 Å². The molecule has 0 saturated heterocycles. The minimum absolute atomic E-state index is 0.352. The molecular formula is C12H11FN2OS. The van der Waals surface area contributed by atoms with E-state index < -0.39 is 6.10 Å². The Labute approximate surface area is 102 Å². The van der Waals surface area contributed by atoms with Gasteiger partial charge in [-0.25, -0.2) is 9.37 Å². The molecule has 0 saturated carbocycles. The Morgan fingerprint density at radius 1 is 1.41 bits per heavy atom. The van der Waals surface area contributed by atoms with E-state index in [-0.39, 0.29) is 5.82 Å². The second-order valence-corrected chi connectivity index (χ2v) is 5.18. The number of fused-ring (bicyclic) bond motifs is 1. The number of hydrogen-bond acceptors (Lipinski definition) is 4. The molecule has 0 bridgehead atoms. The zero-order valence-electron chi connectivity index (χ0n) is 9.06. The number of pyridine rings is 1. The molecule has 0 aromatic carbocycles. The van der Waals surface area contributed by atoms with Gasteiger partial charge in [-0.3, -0.25) is 4.98 Å². The summed E-state index contributed by atoms with van der Waals surface area (Å²) in [5.74, 6) is -0.352. The Balaban J connectivity index is 2.02. The lowest BCUT2D eigenvalue weighted by Gasteiger charge is -2.14. The van der Waals surface area contributed by atoms with Crippen LogP contribution < -0.4 is 0 Å². The summed E-state index contributed by atoms with van der Waals surface area (Å²) in [7, 11) is 0. The molecule has 3 nitrogen and oxygen atoms in total. The molecule has 5 heteroatoms. The number of hydrogen-bond donors (Lipinski definition) is 1. The predicted octanol–water partition coefficient (Wildman–Crippen LogP) is 2.71. The first kappa shape index (κ1) is 10.8. The number of nitrogens with zero attached hydrogens (tertiary/aromatic N) is 2. The smallest absolute Gasteiger partial charge is 0.142 e. The van der Waals surface area contributed by atoms with Crippen molar-refractivity contribution in [2.75, 3.05) is 0 Å². The third-order valence-corrected chi connectivity index (χ3v) is 4.02. The van der Waals surface area contributed by atoms with Gasteiger partial charge in [0.1, 0.15) is 10.8 Å². The minimum atomic E-state index is -0.454. The van der Waals surface area contributed by atoms with Crippen molar-refractivity contribution in [3.63, 3.8) is 0 Å². The van der Waals surface area contributed by atoms with Gasteiger partial charge in [-0.15, -0.1) is 11.3 Å². The van der Waals surface area contributed by atoms with Gasteiger partial charge < -0.3 is 5.11 Å². The minimum Gasteiger partial charge on any atom is -0.387 e. The number of halogens is 1. The van der Waals surface area contributed by atoms with Gasteiger partial charge in [0.25, 0.3) is 0 Å². The van der Waals surface area contributed by atoms with Crippen molar-refractivity contribution >= 4 is 11.3 Å². The third kappa shape index (κ3) is 1.96. The zero-order chi connectivity index (χ0) is 11.8. The van der Waals surface area contributed by atoms with Gasteiger partial charge >= 0.3 is 0 Å². The molecule has 2 heterocycles. The molecule has 2 aromatic rings. The van der Waals surface area contributed by atoms with Crippen molar-refractivity contribution < 1.29 is 9.50 Å². The van der Waals surface area contributed by atoms with Crippen LogP contribution >= 0.6 is 11.3 Å². The van der Waals surface area contributed by atoms with E-state index in [9.17, 15) is 9.50 Å². The first-order valence-corrected chi connectivity index (χ1v) is 6.35. The summed E-state index contributed by atoms with van der Waals surface area (Å²) >= 11 is 1.54. The topological polar surface area (TPSA) is 46.0 Å². The van der Waals surface area contributed by atoms with E-state index in [0.29, 0.717) is 5.69 Å². The summed E-state index contributed by atoms with van der Waals surface area (Å²) in [6.45, 7) is 0. The molecule has 1 aliphatic carbocycles. The van der Waals surface area contributed by atoms with Gasteiger partial charge in [-0.2, -0.15) is 0 Å². The van der Waals surface area contributed by atoms with Crippen molar-refractivity contribution in [1.29, 1.82) is 0 Å². The largest absolute Gasteiger partial charge is 0.387 e. The zero-order valence-corrected chi connectivity index (χ0v) is 9.88. The second kappa shape index (κ2) is 4.16. The lowest BCUT2D eigenvalue weighted by molar-refractivity contribution is 0.153. The van der Waals surface area contributed by atoms with E-state index in [4.69, 9.17) is 0 Å². The molecular weight excluding hydrogens is 239 g/mol. The van der Waals surface area contributed by atoms with Crippen LogP contribution in [0.2, 0.25) is 0 Å². The van der Waals surface area contributed by atoms with Crippen LogP contribution in [0.15, 0.2) is 18.3 Å². The number of rotatable bonds is 1. The molecule has 2 aromatic heterocycles. The van der Waals surface area contributed by atoms with Crippen LogP contribution in [0.3, 0.4) is 0 Å². The van der Waals surface area contributed by atoms with Crippen molar-refractivity contribution in [1.82, 2.24) is 9.97 Å². The normalized spacial score (nSPS) is 19.1. The molecule has 1 atom stereocenters. The monoisotopic (exact) mass is 250 g/mol.